The van der Waals surface area contributed by atoms with Gasteiger partial charge >= 0.3 is 12.1 Å². The van der Waals surface area contributed by atoms with Gasteiger partial charge in [0.2, 0.25) is 0 Å². The number of nitrogens with one attached hydrogen (secondary N) is 1. The van der Waals surface area contributed by atoms with Crippen molar-refractivity contribution >= 4 is 17.3 Å². The third-order valence-corrected chi connectivity index (χ3v) is 1.53. The summed E-state index contributed by atoms with van der Waals surface area (Å²) in [5.74, 6) is -4.65. The highest BCUT2D eigenvalue weighted by Crippen LogP contribution is 2.38. The fourth-order valence-corrected chi connectivity index (χ4v) is 0.766. The summed E-state index contributed by atoms with van der Waals surface area (Å²) >= 11 is 4.33. The molecule has 8 heteroatoms. The first-order chi connectivity index (χ1) is 6.17. The van der Waals surface area contributed by atoms with Crippen LogP contribution in [0.25, 0.3) is 0 Å². The van der Waals surface area contributed by atoms with Crippen LogP contribution in [0.4, 0.5) is 22.0 Å². The van der Waals surface area contributed by atoms with E-state index in [0.717, 1.165) is 0 Å². The van der Waals surface area contributed by atoms with Gasteiger partial charge in [0.05, 0.1) is 0 Å². The molecule has 14 heavy (non-hydrogen) atoms. The van der Waals surface area contributed by atoms with Crippen molar-refractivity contribution in [3.63, 3.8) is 0 Å². The second-order valence-corrected chi connectivity index (χ2v) is 3.04. The minimum atomic E-state index is -5.49. The zero-order valence-corrected chi connectivity index (χ0v) is 7.81. The fourth-order valence-electron chi connectivity index (χ4n) is 0.664. The molecule has 0 aliphatic carbocycles. The Hall–Kier alpha value is -0.660. The van der Waals surface area contributed by atoms with E-state index in [1.807, 2.05) is 0 Å². The highest BCUT2D eigenvalue weighted by atomic mass is 32.1. The molecule has 0 atom stereocenters. The van der Waals surface area contributed by atoms with Crippen molar-refractivity contribution in [3.8, 4) is 0 Å². The maximum atomic E-state index is 12.2. The van der Waals surface area contributed by atoms with E-state index >= 15 is 0 Å². The molecule has 0 aromatic rings. The lowest BCUT2D eigenvalue weighted by molar-refractivity contribution is -0.284. The zero-order chi connectivity index (χ0) is 11.4. The molecule has 0 rings (SSSR count). The van der Waals surface area contributed by atoms with E-state index in [2.05, 4.69) is 17.5 Å². The van der Waals surface area contributed by atoms with E-state index in [1.54, 1.807) is 0 Å². The number of hydrogen-bond donors (Lipinski definition) is 2. The van der Waals surface area contributed by atoms with Gasteiger partial charge in [-0.05, 0) is 18.6 Å². The van der Waals surface area contributed by atoms with Gasteiger partial charge in [0.25, 0.3) is 0 Å². The number of halogens is 5. The number of alkyl halides is 5. The molecule has 2 nitrogen and oxygen atoms in total. The molecule has 0 saturated carbocycles. The van der Waals surface area contributed by atoms with Gasteiger partial charge in [-0.15, -0.1) is 0 Å². The molecule has 0 heterocycles. The maximum Gasteiger partial charge on any atom is 0.453 e. The number of rotatable bonds is 4. The normalized spacial score (nSPS) is 12.6. The monoisotopic (exact) mass is 236 g/mol. The molecular weight excluding hydrogens is 227 g/mol. The summed E-state index contributed by atoms with van der Waals surface area (Å²) in [5, 5.41) is 2.15. The Labute approximate surface area is 82.6 Å². The average molecular weight is 236 g/mol. The molecule has 3 N–H and O–H groups in total. The highest BCUT2D eigenvalue weighted by Gasteiger charge is 2.56. The van der Waals surface area contributed by atoms with Crippen molar-refractivity contribution in [3.05, 3.63) is 0 Å². The third kappa shape index (κ3) is 4.54. The van der Waals surface area contributed by atoms with Crippen LogP contribution in [-0.4, -0.2) is 23.8 Å². The number of thiocarbonyl (C=S) groups is 1. The Morgan fingerprint density at radius 2 is 1.71 bits per heavy atom. The van der Waals surface area contributed by atoms with Crippen LogP contribution in [0.1, 0.15) is 12.8 Å². The minimum absolute atomic E-state index is 0.0962. The first-order valence-corrected chi connectivity index (χ1v) is 4.05. The second-order valence-electron chi connectivity index (χ2n) is 2.60. The predicted octanol–water partition coefficient (Wildman–Crippen LogP) is 1.80. The Kier molecular flexibility index (Phi) is 4.50. The SMILES string of the molecule is NC(=S)NCCCC(F)(F)C(F)(F)F. The van der Waals surface area contributed by atoms with Gasteiger partial charge < -0.3 is 11.1 Å². The quantitative estimate of drug-likeness (QED) is 0.444. The Morgan fingerprint density at radius 3 is 2.07 bits per heavy atom. The van der Waals surface area contributed by atoms with E-state index in [-0.39, 0.29) is 18.1 Å². The summed E-state index contributed by atoms with van der Waals surface area (Å²) in [6, 6.07) is 0. The van der Waals surface area contributed by atoms with Gasteiger partial charge in [-0.2, -0.15) is 22.0 Å². The number of nitrogens with two attached hydrogens (primary N) is 1. The van der Waals surface area contributed by atoms with Gasteiger partial charge in [0.1, 0.15) is 0 Å². The third-order valence-electron chi connectivity index (χ3n) is 1.38. The summed E-state index contributed by atoms with van der Waals surface area (Å²) in [7, 11) is 0. The molecule has 0 saturated heterocycles. The van der Waals surface area contributed by atoms with E-state index < -0.39 is 18.5 Å². The van der Waals surface area contributed by atoms with Crippen molar-refractivity contribution in [2.75, 3.05) is 6.54 Å². The van der Waals surface area contributed by atoms with Gasteiger partial charge in [0, 0.05) is 13.0 Å². The minimum Gasteiger partial charge on any atom is -0.376 e. The molecular formula is C6H9F5N2S. The Balaban J connectivity index is 3.83. The average Bonchev–Trinajstić information content (AvgIpc) is 1.95. The van der Waals surface area contributed by atoms with Crippen LogP contribution in [0.15, 0.2) is 0 Å². The molecule has 0 aliphatic rings. The molecule has 0 spiro atoms. The van der Waals surface area contributed by atoms with Gasteiger partial charge in [0.15, 0.2) is 5.11 Å². The van der Waals surface area contributed by atoms with E-state index in [1.165, 1.54) is 0 Å². The summed E-state index contributed by atoms with van der Waals surface area (Å²) in [6.07, 6.45) is -7.12. The second kappa shape index (κ2) is 4.72. The molecule has 0 radical (unpaired) electrons. The smallest absolute Gasteiger partial charge is 0.376 e. The zero-order valence-electron chi connectivity index (χ0n) is 7.00. The largest absolute Gasteiger partial charge is 0.453 e. The van der Waals surface area contributed by atoms with Crippen molar-refractivity contribution in [1.82, 2.24) is 5.32 Å². The van der Waals surface area contributed by atoms with E-state index in [9.17, 15) is 22.0 Å². The van der Waals surface area contributed by atoms with Gasteiger partial charge in [-0.25, -0.2) is 0 Å². The predicted molar refractivity (Wildman–Crippen MR) is 45.0 cm³/mol. The lowest BCUT2D eigenvalue weighted by Crippen LogP contribution is -2.37. The molecule has 0 aromatic carbocycles. The van der Waals surface area contributed by atoms with Crippen LogP contribution >= 0.6 is 12.2 Å². The van der Waals surface area contributed by atoms with Gasteiger partial charge in [-0.1, -0.05) is 0 Å². The first-order valence-electron chi connectivity index (χ1n) is 3.64. The van der Waals surface area contributed by atoms with Crippen molar-refractivity contribution in [2.45, 2.75) is 24.9 Å². The molecule has 0 aliphatic heterocycles. The Bertz CT molecular complexity index is 203. The topological polar surface area (TPSA) is 38.0 Å². The van der Waals surface area contributed by atoms with E-state index in [4.69, 9.17) is 5.73 Å². The summed E-state index contributed by atoms with van der Waals surface area (Å²) in [5.41, 5.74) is 4.94. The van der Waals surface area contributed by atoms with Crippen LogP contribution in [0, 0.1) is 0 Å². The maximum absolute atomic E-state index is 12.2. The van der Waals surface area contributed by atoms with E-state index in [0.29, 0.717) is 0 Å². The summed E-state index contributed by atoms with van der Waals surface area (Å²) in [6.45, 7) is -0.0962. The molecule has 0 fully saturated rings. The van der Waals surface area contributed by atoms with Gasteiger partial charge in [-0.3, -0.25) is 0 Å². The summed E-state index contributed by atoms with van der Waals surface area (Å²) < 4.78 is 59.3. The molecule has 84 valence electrons. The number of hydrogen-bond acceptors (Lipinski definition) is 1. The first kappa shape index (κ1) is 13.3. The Morgan fingerprint density at radius 1 is 1.21 bits per heavy atom. The van der Waals surface area contributed by atoms with Crippen molar-refractivity contribution in [2.24, 2.45) is 5.73 Å². The lowest BCUT2D eigenvalue weighted by atomic mass is 10.2. The standard InChI is InChI=1S/C6H9F5N2S/c7-5(8,6(9,10)11)2-1-3-13-4(12)14/h1-3H2,(H3,12,13,14). The van der Waals surface area contributed by atoms with Crippen molar-refractivity contribution < 1.29 is 22.0 Å². The van der Waals surface area contributed by atoms with Crippen molar-refractivity contribution in [1.29, 1.82) is 0 Å². The van der Waals surface area contributed by atoms with Crippen LogP contribution < -0.4 is 11.1 Å². The fraction of sp³-hybridized carbons (Fsp3) is 0.833. The molecule has 0 aromatic heterocycles. The molecule has 0 amide bonds. The van der Waals surface area contributed by atoms with Crippen LogP contribution in [0.5, 0.6) is 0 Å². The summed E-state index contributed by atoms with van der Waals surface area (Å²) in [4.78, 5) is 0. The molecule has 0 unspecified atom stereocenters. The van der Waals surface area contributed by atoms with Crippen LogP contribution in [0.3, 0.4) is 0 Å². The lowest BCUT2D eigenvalue weighted by Gasteiger charge is -2.19. The molecule has 0 bridgehead atoms. The van der Waals surface area contributed by atoms with Crippen LogP contribution in [-0.2, 0) is 0 Å². The van der Waals surface area contributed by atoms with Crippen LogP contribution in [0.2, 0.25) is 0 Å². The highest BCUT2D eigenvalue weighted by molar-refractivity contribution is 7.80.